The highest BCUT2D eigenvalue weighted by Crippen LogP contribution is 2.27. The Morgan fingerprint density at radius 2 is 2.17 bits per heavy atom. The van der Waals surface area contributed by atoms with Crippen molar-refractivity contribution in [1.29, 1.82) is 0 Å². The lowest BCUT2D eigenvalue weighted by Gasteiger charge is -2.17. The molecule has 7 heteroatoms. The van der Waals surface area contributed by atoms with Gasteiger partial charge in [-0.2, -0.15) is 8.78 Å². The van der Waals surface area contributed by atoms with Crippen LogP contribution in [0, 0.1) is 5.92 Å². The number of aromatic amines is 1. The number of alkyl halides is 2. The molecule has 0 saturated carbocycles. The van der Waals surface area contributed by atoms with Crippen LogP contribution in [0.2, 0.25) is 0 Å². The number of H-pyrrole nitrogens is 1. The smallest absolute Gasteiger partial charge is 0.387 e. The van der Waals surface area contributed by atoms with E-state index in [-0.39, 0.29) is 23.9 Å². The molecule has 0 saturated heterocycles. The van der Waals surface area contributed by atoms with E-state index in [4.69, 9.17) is 0 Å². The fourth-order valence-electron chi connectivity index (χ4n) is 2.21. The third kappa shape index (κ3) is 4.19. The van der Waals surface area contributed by atoms with Crippen molar-refractivity contribution < 1.29 is 23.4 Å². The minimum Gasteiger partial charge on any atom is -0.434 e. The third-order valence-electron chi connectivity index (χ3n) is 3.86. The average molecular weight is 326 g/mol. The number of amides is 1. The minimum atomic E-state index is -2.93. The maximum atomic E-state index is 12.4. The lowest BCUT2D eigenvalue weighted by molar-refractivity contribution is -0.0487. The number of benzene rings is 1. The zero-order valence-corrected chi connectivity index (χ0v) is 13.0. The number of carbonyl (C=O) groups excluding carboxylic acids is 1. The van der Waals surface area contributed by atoms with Crippen molar-refractivity contribution in [2.24, 2.45) is 5.92 Å². The predicted octanol–water partition coefficient (Wildman–Crippen LogP) is 2.91. The van der Waals surface area contributed by atoms with E-state index in [1.165, 1.54) is 12.1 Å². The van der Waals surface area contributed by atoms with E-state index in [1.807, 2.05) is 13.8 Å². The maximum Gasteiger partial charge on any atom is 0.387 e. The summed E-state index contributed by atoms with van der Waals surface area (Å²) in [6, 6.07) is 6.10. The largest absolute Gasteiger partial charge is 0.434 e. The normalized spacial score (nSPS) is 14.0. The van der Waals surface area contributed by atoms with E-state index >= 15 is 0 Å². The maximum absolute atomic E-state index is 12.4. The summed E-state index contributed by atoms with van der Waals surface area (Å²) in [7, 11) is 0. The van der Waals surface area contributed by atoms with Gasteiger partial charge in [-0.05, 0) is 24.1 Å². The standard InChI is InChI=1S/C16H20F2N2O3/c1-3-9(2)13(21)8-19-15(22)12-7-10-11(20-12)5-4-6-14(10)23-16(17)18/h4-7,9,13,16,20-21H,3,8H2,1-2H3,(H,19,22). The van der Waals surface area contributed by atoms with Crippen molar-refractivity contribution in [2.75, 3.05) is 6.54 Å². The molecule has 5 nitrogen and oxygen atoms in total. The molecule has 23 heavy (non-hydrogen) atoms. The first kappa shape index (κ1) is 17.2. The van der Waals surface area contributed by atoms with Gasteiger partial charge in [-0.25, -0.2) is 0 Å². The lowest BCUT2D eigenvalue weighted by atomic mass is 10.0. The van der Waals surface area contributed by atoms with Crippen molar-refractivity contribution in [3.63, 3.8) is 0 Å². The first-order valence-electron chi connectivity index (χ1n) is 7.45. The Labute approximate surface area is 132 Å². The summed E-state index contributed by atoms with van der Waals surface area (Å²) >= 11 is 0. The predicted molar refractivity (Wildman–Crippen MR) is 82.7 cm³/mol. The highest BCUT2D eigenvalue weighted by atomic mass is 19.3. The van der Waals surface area contributed by atoms with Crippen LogP contribution in [0.15, 0.2) is 24.3 Å². The second-order valence-electron chi connectivity index (χ2n) is 5.44. The number of ether oxygens (including phenoxy) is 1. The molecule has 0 aliphatic rings. The topological polar surface area (TPSA) is 74.3 Å². The monoisotopic (exact) mass is 326 g/mol. The number of hydrogen-bond donors (Lipinski definition) is 3. The van der Waals surface area contributed by atoms with Gasteiger partial charge >= 0.3 is 6.61 Å². The van der Waals surface area contributed by atoms with Gasteiger partial charge in [0.2, 0.25) is 0 Å². The molecule has 0 spiro atoms. The van der Waals surface area contributed by atoms with Crippen molar-refractivity contribution in [3.05, 3.63) is 30.0 Å². The molecule has 2 rings (SSSR count). The zero-order valence-electron chi connectivity index (χ0n) is 13.0. The van der Waals surface area contributed by atoms with Gasteiger partial charge in [-0.1, -0.05) is 26.3 Å². The summed E-state index contributed by atoms with van der Waals surface area (Å²) in [5.74, 6) is -0.331. The molecule has 1 amide bonds. The van der Waals surface area contributed by atoms with E-state index in [1.54, 1.807) is 12.1 Å². The van der Waals surface area contributed by atoms with Crippen molar-refractivity contribution in [1.82, 2.24) is 10.3 Å². The van der Waals surface area contributed by atoms with Gasteiger partial charge < -0.3 is 20.1 Å². The second-order valence-corrected chi connectivity index (χ2v) is 5.44. The Morgan fingerprint density at radius 3 is 2.83 bits per heavy atom. The molecule has 126 valence electrons. The van der Waals surface area contributed by atoms with Gasteiger partial charge in [-0.15, -0.1) is 0 Å². The third-order valence-corrected chi connectivity index (χ3v) is 3.86. The Morgan fingerprint density at radius 1 is 1.43 bits per heavy atom. The average Bonchev–Trinajstić information content (AvgIpc) is 2.96. The van der Waals surface area contributed by atoms with Crippen LogP contribution in [-0.2, 0) is 0 Å². The highest BCUT2D eigenvalue weighted by molar-refractivity contribution is 5.99. The molecule has 0 fully saturated rings. The number of aromatic nitrogens is 1. The van der Waals surface area contributed by atoms with E-state index in [9.17, 15) is 18.7 Å². The molecule has 0 bridgehead atoms. The molecule has 2 atom stereocenters. The van der Waals surface area contributed by atoms with E-state index in [0.717, 1.165) is 6.42 Å². The summed E-state index contributed by atoms with van der Waals surface area (Å²) in [4.78, 5) is 15.0. The Bertz CT molecular complexity index is 672. The number of halogens is 2. The van der Waals surface area contributed by atoms with Gasteiger partial charge in [-0.3, -0.25) is 4.79 Å². The summed E-state index contributed by atoms with van der Waals surface area (Å²) in [5, 5.41) is 12.9. The first-order valence-corrected chi connectivity index (χ1v) is 7.45. The molecule has 1 heterocycles. The van der Waals surface area contributed by atoms with E-state index in [2.05, 4.69) is 15.0 Å². The van der Waals surface area contributed by atoms with Crippen LogP contribution in [0.25, 0.3) is 10.9 Å². The molecule has 1 aromatic heterocycles. The molecule has 0 radical (unpaired) electrons. The summed E-state index contributed by atoms with van der Waals surface area (Å²) in [6.07, 6.45) is 0.170. The van der Waals surface area contributed by atoms with Crippen LogP contribution in [-0.4, -0.2) is 35.3 Å². The van der Waals surface area contributed by atoms with Gasteiger partial charge in [0, 0.05) is 17.4 Å². The van der Waals surface area contributed by atoms with E-state index in [0.29, 0.717) is 10.9 Å². The molecule has 2 unspecified atom stereocenters. The quantitative estimate of drug-likeness (QED) is 0.732. The minimum absolute atomic E-state index is 0.00689. The number of nitrogens with one attached hydrogen (secondary N) is 2. The number of hydrogen-bond acceptors (Lipinski definition) is 3. The molecule has 0 aliphatic heterocycles. The second kappa shape index (κ2) is 7.41. The van der Waals surface area contributed by atoms with Gasteiger partial charge in [0.05, 0.1) is 6.10 Å². The molecule has 2 aromatic rings. The molecule has 3 N–H and O–H groups in total. The number of carbonyl (C=O) groups is 1. The van der Waals surface area contributed by atoms with Gasteiger partial charge in [0.1, 0.15) is 11.4 Å². The number of rotatable bonds is 7. The number of aliphatic hydroxyl groups excluding tert-OH is 1. The summed E-state index contributed by atoms with van der Waals surface area (Å²) < 4.78 is 29.2. The SMILES string of the molecule is CCC(C)C(O)CNC(=O)c1cc2c(OC(F)F)cccc2[nH]1. The molecule has 1 aromatic carbocycles. The fraction of sp³-hybridized carbons (Fsp3) is 0.438. The van der Waals surface area contributed by atoms with E-state index < -0.39 is 18.6 Å². The number of aliphatic hydroxyl groups is 1. The van der Waals surface area contributed by atoms with Gasteiger partial charge in [0.15, 0.2) is 0 Å². The fourth-order valence-corrected chi connectivity index (χ4v) is 2.21. The zero-order chi connectivity index (χ0) is 17.0. The van der Waals surface area contributed by atoms with Crippen LogP contribution in [0.1, 0.15) is 30.8 Å². The first-order chi connectivity index (χ1) is 10.9. The summed E-state index contributed by atoms with van der Waals surface area (Å²) in [5.41, 5.74) is 0.748. The number of fused-ring (bicyclic) bond motifs is 1. The van der Waals surface area contributed by atoms with Crippen molar-refractivity contribution in [2.45, 2.75) is 33.0 Å². The summed E-state index contributed by atoms with van der Waals surface area (Å²) in [6.45, 7) is 1.05. The van der Waals surface area contributed by atoms with Crippen LogP contribution in [0.3, 0.4) is 0 Å². The molecular formula is C16H20F2N2O3. The molecule has 0 aliphatic carbocycles. The molecular weight excluding hydrogens is 306 g/mol. The van der Waals surface area contributed by atoms with Gasteiger partial charge in [0.25, 0.3) is 5.91 Å². The Hall–Kier alpha value is -2.15. The Kier molecular flexibility index (Phi) is 5.54. The van der Waals surface area contributed by atoms with Crippen molar-refractivity contribution in [3.8, 4) is 5.75 Å². The van der Waals surface area contributed by atoms with Crippen LogP contribution in [0.4, 0.5) is 8.78 Å². The Balaban J connectivity index is 2.12. The lowest BCUT2D eigenvalue weighted by Crippen LogP contribution is -2.35. The van der Waals surface area contributed by atoms with Crippen LogP contribution < -0.4 is 10.1 Å². The highest BCUT2D eigenvalue weighted by Gasteiger charge is 2.17. The van der Waals surface area contributed by atoms with Crippen molar-refractivity contribution >= 4 is 16.8 Å². The van der Waals surface area contributed by atoms with Crippen LogP contribution in [0.5, 0.6) is 5.75 Å². The van der Waals surface area contributed by atoms with Crippen LogP contribution >= 0.6 is 0 Å².